The first-order valence-electron chi connectivity index (χ1n) is 4.94. The molecule has 0 N–H and O–H groups in total. The summed E-state index contributed by atoms with van der Waals surface area (Å²) in [6.07, 6.45) is 4.45. The molecule has 0 heterocycles. The maximum absolute atomic E-state index is 11.3. The lowest BCUT2D eigenvalue weighted by molar-refractivity contribution is -0.121. The Bertz CT molecular complexity index is 309. The lowest BCUT2D eigenvalue weighted by atomic mass is 10.1. The van der Waals surface area contributed by atoms with Crippen molar-refractivity contribution in [1.82, 2.24) is 0 Å². The Morgan fingerprint density at radius 1 is 1.29 bits per heavy atom. The van der Waals surface area contributed by atoms with Crippen LogP contribution in [-0.2, 0) is 4.79 Å². The first kappa shape index (κ1) is 10.7. The Hall–Kier alpha value is -1.37. The van der Waals surface area contributed by atoms with Crippen LogP contribution in [0.4, 0.5) is 0 Å². The molecule has 0 saturated carbocycles. The van der Waals surface area contributed by atoms with Crippen LogP contribution in [0.2, 0.25) is 0 Å². The molecule has 74 valence electrons. The molecule has 0 amide bonds. The van der Waals surface area contributed by atoms with Crippen molar-refractivity contribution in [2.75, 3.05) is 0 Å². The van der Waals surface area contributed by atoms with Gasteiger partial charge in [0.05, 0.1) is 0 Å². The van der Waals surface area contributed by atoms with Gasteiger partial charge in [-0.3, -0.25) is 4.79 Å². The van der Waals surface area contributed by atoms with E-state index in [2.05, 4.69) is 0 Å². The summed E-state index contributed by atoms with van der Waals surface area (Å²) in [7, 11) is 0. The van der Waals surface area contributed by atoms with Crippen molar-refractivity contribution >= 4 is 11.9 Å². The Balaban J connectivity index is 2.46. The van der Waals surface area contributed by atoms with Gasteiger partial charge in [0.15, 0.2) is 0 Å². The predicted octanol–water partition coefficient (Wildman–Crippen LogP) is 3.32. The smallest absolute Gasteiger partial charge is 0.139 e. The lowest BCUT2D eigenvalue weighted by Gasteiger charge is -1.98. The third-order valence-corrected chi connectivity index (χ3v) is 2.07. The van der Waals surface area contributed by atoms with Crippen LogP contribution in [0.15, 0.2) is 36.4 Å². The second-order valence-corrected chi connectivity index (χ2v) is 3.64. The summed E-state index contributed by atoms with van der Waals surface area (Å²) in [5, 5.41) is 0. The highest BCUT2D eigenvalue weighted by atomic mass is 16.1. The third-order valence-electron chi connectivity index (χ3n) is 2.07. The van der Waals surface area contributed by atoms with Crippen LogP contribution < -0.4 is 0 Å². The lowest BCUT2D eigenvalue weighted by Crippen LogP contribution is -2.04. The fourth-order valence-corrected chi connectivity index (χ4v) is 1.11. The van der Waals surface area contributed by atoms with Gasteiger partial charge in [-0.05, 0) is 5.56 Å². The number of carbonyl (C=O) groups is 1. The van der Waals surface area contributed by atoms with Crippen molar-refractivity contribution in [3.63, 3.8) is 0 Å². The molecule has 1 heteroatoms. The fraction of sp³-hybridized carbons (Fsp3) is 0.308. The van der Waals surface area contributed by atoms with Crippen LogP contribution in [0.3, 0.4) is 0 Å². The molecule has 14 heavy (non-hydrogen) atoms. The average Bonchev–Trinajstić information content (AvgIpc) is 2.19. The van der Waals surface area contributed by atoms with Crippen LogP contribution >= 0.6 is 0 Å². The molecule has 0 saturated heterocycles. The zero-order valence-electron chi connectivity index (χ0n) is 8.73. The van der Waals surface area contributed by atoms with Crippen molar-refractivity contribution < 1.29 is 4.79 Å². The van der Waals surface area contributed by atoms with Crippen LogP contribution in [0, 0.1) is 5.92 Å². The standard InChI is InChI=1S/C13H16O/c1-11(2)13(14)10-6-9-12-7-4-3-5-8-12/h3-9,11H,10H2,1-2H3/b9-6+. The molecule has 0 spiro atoms. The van der Waals surface area contributed by atoms with Gasteiger partial charge in [0.25, 0.3) is 0 Å². The third kappa shape index (κ3) is 3.56. The normalized spacial score (nSPS) is 11.1. The van der Waals surface area contributed by atoms with Gasteiger partial charge in [0.2, 0.25) is 0 Å². The first-order chi connectivity index (χ1) is 6.70. The van der Waals surface area contributed by atoms with Crippen LogP contribution in [0.25, 0.3) is 6.08 Å². The Morgan fingerprint density at radius 2 is 1.93 bits per heavy atom. The molecule has 1 aromatic carbocycles. The minimum Gasteiger partial charge on any atom is -0.299 e. The van der Waals surface area contributed by atoms with Gasteiger partial charge in [-0.2, -0.15) is 0 Å². The summed E-state index contributed by atoms with van der Waals surface area (Å²) in [4.78, 5) is 11.3. The van der Waals surface area contributed by atoms with E-state index < -0.39 is 0 Å². The molecule has 0 aliphatic heterocycles. The monoisotopic (exact) mass is 188 g/mol. The van der Waals surface area contributed by atoms with E-state index in [0.29, 0.717) is 6.42 Å². The summed E-state index contributed by atoms with van der Waals surface area (Å²) >= 11 is 0. The zero-order valence-corrected chi connectivity index (χ0v) is 8.73. The van der Waals surface area contributed by atoms with E-state index >= 15 is 0 Å². The van der Waals surface area contributed by atoms with Gasteiger partial charge in [0, 0.05) is 12.3 Å². The summed E-state index contributed by atoms with van der Waals surface area (Å²) in [6, 6.07) is 10.0. The molecule has 0 aliphatic rings. The van der Waals surface area contributed by atoms with Gasteiger partial charge < -0.3 is 0 Å². The molecule has 1 nitrogen and oxygen atoms in total. The van der Waals surface area contributed by atoms with Crippen molar-refractivity contribution in [2.24, 2.45) is 5.92 Å². The fourth-order valence-electron chi connectivity index (χ4n) is 1.11. The molecular weight excluding hydrogens is 172 g/mol. The number of carbonyl (C=O) groups excluding carboxylic acids is 1. The van der Waals surface area contributed by atoms with Crippen molar-refractivity contribution in [2.45, 2.75) is 20.3 Å². The molecular formula is C13H16O. The molecule has 0 radical (unpaired) electrons. The minimum atomic E-state index is 0.135. The van der Waals surface area contributed by atoms with Gasteiger partial charge in [-0.15, -0.1) is 0 Å². The van der Waals surface area contributed by atoms with Crippen LogP contribution in [0.1, 0.15) is 25.8 Å². The average molecular weight is 188 g/mol. The Labute approximate surface area is 85.5 Å². The SMILES string of the molecule is CC(C)C(=O)C/C=C/c1ccccc1. The quantitative estimate of drug-likeness (QED) is 0.708. The topological polar surface area (TPSA) is 17.1 Å². The summed E-state index contributed by atoms with van der Waals surface area (Å²) in [5.74, 6) is 0.424. The molecule has 0 unspecified atom stereocenters. The molecule has 0 aromatic heterocycles. The van der Waals surface area contributed by atoms with E-state index in [4.69, 9.17) is 0 Å². The maximum Gasteiger partial charge on any atom is 0.139 e. The molecule has 0 atom stereocenters. The highest BCUT2D eigenvalue weighted by molar-refractivity contribution is 5.82. The number of hydrogen-bond donors (Lipinski definition) is 0. The number of ketones is 1. The van der Waals surface area contributed by atoms with E-state index in [1.807, 2.05) is 56.3 Å². The van der Waals surface area contributed by atoms with E-state index in [1.54, 1.807) is 0 Å². The van der Waals surface area contributed by atoms with E-state index in [1.165, 1.54) is 0 Å². The summed E-state index contributed by atoms with van der Waals surface area (Å²) in [6.45, 7) is 3.86. The number of rotatable bonds is 4. The zero-order chi connectivity index (χ0) is 10.4. The van der Waals surface area contributed by atoms with Gasteiger partial charge >= 0.3 is 0 Å². The highest BCUT2D eigenvalue weighted by Crippen LogP contribution is 2.04. The van der Waals surface area contributed by atoms with Gasteiger partial charge in [-0.1, -0.05) is 56.3 Å². The van der Waals surface area contributed by atoms with E-state index in [-0.39, 0.29) is 11.7 Å². The second-order valence-electron chi connectivity index (χ2n) is 3.64. The van der Waals surface area contributed by atoms with Crippen molar-refractivity contribution in [1.29, 1.82) is 0 Å². The maximum atomic E-state index is 11.3. The van der Waals surface area contributed by atoms with Gasteiger partial charge in [-0.25, -0.2) is 0 Å². The van der Waals surface area contributed by atoms with Crippen LogP contribution in [-0.4, -0.2) is 5.78 Å². The van der Waals surface area contributed by atoms with E-state index in [0.717, 1.165) is 5.56 Å². The summed E-state index contributed by atoms with van der Waals surface area (Å²) < 4.78 is 0. The minimum absolute atomic E-state index is 0.135. The van der Waals surface area contributed by atoms with Crippen molar-refractivity contribution in [3.8, 4) is 0 Å². The molecule has 0 bridgehead atoms. The van der Waals surface area contributed by atoms with E-state index in [9.17, 15) is 4.79 Å². The summed E-state index contributed by atoms with van der Waals surface area (Å²) in [5.41, 5.74) is 1.14. The Morgan fingerprint density at radius 3 is 2.50 bits per heavy atom. The predicted molar refractivity (Wildman–Crippen MR) is 59.9 cm³/mol. The number of allylic oxidation sites excluding steroid dienone is 1. The molecule has 1 rings (SSSR count). The second kappa shape index (κ2) is 5.38. The molecule has 1 aromatic rings. The number of benzene rings is 1. The molecule has 0 aliphatic carbocycles. The highest BCUT2D eigenvalue weighted by Gasteiger charge is 2.03. The van der Waals surface area contributed by atoms with Gasteiger partial charge in [0.1, 0.15) is 5.78 Å². The van der Waals surface area contributed by atoms with Crippen molar-refractivity contribution in [3.05, 3.63) is 42.0 Å². The first-order valence-corrected chi connectivity index (χ1v) is 4.94. The Kier molecular flexibility index (Phi) is 4.11. The molecule has 0 fully saturated rings. The number of Topliss-reactive ketones (excluding diaryl/α,β-unsaturated/α-hetero) is 1. The number of hydrogen-bond acceptors (Lipinski definition) is 1. The largest absolute Gasteiger partial charge is 0.299 e. The van der Waals surface area contributed by atoms with Crippen LogP contribution in [0.5, 0.6) is 0 Å².